The van der Waals surface area contributed by atoms with Gasteiger partial charge in [-0.2, -0.15) is 0 Å². The third-order valence-corrected chi connectivity index (χ3v) is 8.68. The topological polar surface area (TPSA) is 86.7 Å². The molecule has 7 rings (SSSR count). The Morgan fingerprint density at radius 3 is 3.16 bits per heavy atom. The van der Waals surface area contributed by atoms with Crippen LogP contribution in [0.15, 0.2) is 9.98 Å². The van der Waals surface area contributed by atoms with Gasteiger partial charge in [0.05, 0.1) is 28.1 Å². The Morgan fingerprint density at radius 1 is 1.40 bits per heavy atom. The van der Waals surface area contributed by atoms with Crippen LogP contribution in [0.4, 0.5) is 11.4 Å². The molecule has 6 atom stereocenters. The van der Waals surface area contributed by atoms with E-state index in [9.17, 15) is 15.0 Å². The highest BCUT2D eigenvalue weighted by atomic mass is 32.2. The van der Waals surface area contributed by atoms with Crippen LogP contribution in [0.1, 0.15) is 24.8 Å². The molecule has 5 aliphatic heterocycles. The summed E-state index contributed by atoms with van der Waals surface area (Å²) in [7, 11) is 0. The quantitative estimate of drug-likeness (QED) is 0.500. The van der Waals surface area contributed by atoms with E-state index in [2.05, 4.69) is 4.99 Å². The highest BCUT2D eigenvalue weighted by molar-refractivity contribution is 8.00. The number of Topliss-reactive ketones (excluding diaryl/α,β-unsaturated/α-hetero) is 1. The molecule has 5 heterocycles. The summed E-state index contributed by atoms with van der Waals surface area (Å²) < 4.78 is 0. The Balaban J connectivity index is 1.76. The summed E-state index contributed by atoms with van der Waals surface area (Å²) in [6, 6.07) is -0.384. The molecule has 25 heavy (non-hydrogen) atoms. The monoisotopic (exact) mass is 354 g/mol. The highest BCUT2D eigenvalue weighted by Gasteiger charge is 2.69. The van der Waals surface area contributed by atoms with Crippen molar-refractivity contribution in [2.24, 2.45) is 9.98 Å². The summed E-state index contributed by atoms with van der Waals surface area (Å²) in [5.41, 5.74) is 3.44. The third-order valence-electron chi connectivity index (χ3n) is 7.18. The predicted molar refractivity (Wildman–Crippen MR) is 91.4 cm³/mol. The SMILES string of the molecule is O=C1CC2S[C@H]3C[C@@]24c2c5c6c(c(O)c2=N3)N=CC=6CC[NH+]5C1[C@@H]4O. The predicted octanol–water partition coefficient (Wildman–Crippen LogP) is -1.40. The van der Waals surface area contributed by atoms with Gasteiger partial charge in [-0.15, -0.1) is 11.8 Å². The first-order chi connectivity index (χ1) is 12.1. The fourth-order valence-electron chi connectivity index (χ4n) is 6.27. The second kappa shape index (κ2) is 3.84. The van der Waals surface area contributed by atoms with Crippen molar-refractivity contribution in [2.45, 2.75) is 47.4 Å². The van der Waals surface area contributed by atoms with Gasteiger partial charge in [-0.1, -0.05) is 0 Å². The molecule has 0 radical (unpaired) electrons. The molecular weight excluding hydrogens is 338 g/mol. The van der Waals surface area contributed by atoms with E-state index < -0.39 is 11.5 Å². The van der Waals surface area contributed by atoms with Crippen molar-refractivity contribution in [1.82, 2.24) is 0 Å². The van der Waals surface area contributed by atoms with E-state index in [-0.39, 0.29) is 28.2 Å². The number of nitrogens with zero attached hydrogens (tertiary/aromatic N) is 2. The summed E-state index contributed by atoms with van der Waals surface area (Å²) in [6.07, 6.45) is 3.27. The van der Waals surface area contributed by atoms with Crippen LogP contribution in [-0.4, -0.2) is 51.5 Å². The molecule has 1 aromatic carbocycles. The average Bonchev–Trinajstić information content (AvgIpc) is 3.13. The molecule has 1 aromatic rings. The molecule has 126 valence electrons. The number of aliphatic hydroxyl groups is 1. The van der Waals surface area contributed by atoms with Crippen molar-refractivity contribution in [1.29, 1.82) is 0 Å². The molecular formula is C18H16N3O3S+. The van der Waals surface area contributed by atoms with Crippen molar-refractivity contribution in [2.75, 3.05) is 6.54 Å². The molecule has 3 unspecified atom stereocenters. The maximum Gasteiger partial charge on any atom is 0.194 e. The number of ketones is 1. The number of quaternary nitrogens is 1. The Morgan fingerprint density at radius 2 is 2.28 bits per heavy atom. The molecule has 0 aromatic heterocycles. The maximum atomic E-state index is 12.9. The van der Waals surface area contributed by atoms with Gasteiger partial charge in [0.15, 0.2) is 17.6 Å². The fourth-order valence-corrected chi connectivity index (χ4v) is 8.05. The van der Waals surface area contributed by atoms with Crippen LogP contribution in [-0.2, 0) is 10.2 Å². The molecule has 1 saturated heterocycles. The number of phenolic OH excluding ortho intramolecular Hbond substituents is 1. The second-order valence-electron chi connectivity index (χ2n) is 8.03. The lowest BCUT2D eigenvalue weighted by Crippen LogP contribution is -3.18. The number of rotatable bonds is 0. The van der Waals surface area contributed by atoms with Crippen molar-refractivity contribution in [3.8, 4) is 5.75 Å². The molecule has 0 amide bonds. The molecule has 7 heteroatoms. The van der Waals surface area contributed by atoms with Gasteiger partial charge in [0.2, 0.25) is 0 Å². The van der Waals surface area contributed by atoms with Crippen LogP contribution in [0.2, 0.25) is 0 Å². The Kier molecular flexibility index (Phi) is 2.08. The average molecular weight is 354 g/mol. The van der Waals surface area contributed by atoms with E-state index in [0.29, 0.717) is 17.5 Å². The van der Waals surface area contributed by atoms with Gasteiger partial charge in [0.1, 0.15) is 22.8 Å². The van der Waals surface area contributed by atoms with Crippen LogP contribution in [0.25, 0.3) is 5.57 Å². The Labute approximate surface area is 147 Å². The molecule has 1 saturated carbocycles. The van der Waals surface area contributed by atoms with Crippen molar-refractivity contribution in [3.05, 3.63) is 16.1 Å². The third kappa shape index (κ3) is 1.21. The number of thioether (sulfide) groups is 1. The van der Waals surface area contributed by atoms with E-state index in [0.717, 1.165) is 46.3 Å². The lowest BCUT2D eigenvalue weighted by Gasteiger charge is -2.52. The molecule has 3 N–H and O–H groups in total. The number of benzene rings is 1. The van der Waals surface area contributed by atoms with E-state index in [1.807, 2.05) is 6.21 Å². The number of hydrogen-bond donors (Lipinski definition) is 3. The fraction of sp³-hybridized carbons (Fsp3) is 0.500. The van der Waals surface area contributed by atoms with Gasteiger partial charge in [-0.25, -0.2) is 0 Å². The molecule has 3 bridgehead atoms. The summed E-state index contributed by atoms with van der Waals surface area (Å²) in [5.74, 6) is 0.337. The van der Waals surface area contributed by atoms with Gasteiger partial charge < -0.3 is 10.2 Å². The lowest BCUT2D eigenvalue weighted by atomic mass is 9.58. The number of hydrogen-bond acceptors (Lipinski definition) is 6. The second-order valence-corrected chi connectivity index (χ2v) is 9.41. The lowest BCUT2D eigenvalue weighted by molar-refractivity contribution is -0.860. The first kappa shape index (κ1) is 13.5. The minimum atomic E-state index is -0.686. The highest BCUT2D eigenvalue weighted by Crippen LogP contribution is 2.59. The number of carbonyl (C=O) groups is 1. The minimum Gasteiger partial charge on any atom is -0.504 e. The zero-order valence-corrected chi connectivity index (χ0v) is 14.1. The number of aliphatic hydroxyl groups excluding tert-OH is 1. The number of aliphatic imine (C=N–C) groups is 1. The van der Waals surface area contributed by atoms with Gasteiger partial charge in [0, 0.05) is 24.3 Å². The van der Waals surface area contributed by atoms with Gasteiger partial charge in [-0.3, -0.25) is 19.7 Å². The summed E-state index contributed by atoms with van der Waals surface area (Å²) in [5, 5.41) is 24.0. The van der Waals surface area contributed by atoms with Crippen LogP contribution < -0.4 is 15.5 Å². The van der Waals surface area contributed by atoms with E-state index in [1.165, 1.54) is 0 Å². The smallest absolute Gasteiger partial charge is 0.194 e. The van der Waals surface area contributed by atoms with Crippen LogP contribution in [0.3, 0.4) is 0 Å². The number of carbonyl (C=O) groups excluding carboxylic acids is 1. The number of fused-ring (bicyclic) bond motifs is 3. The first-order valence-electron chi connectivity index (χ1n) is 8.88. The largest absolute Gasteiger partial charge is 0.504 e. The standard InChI is InChI=1S/C18H15N3O3S/c22-7-3-8-18-4-9(25-8)20-13-11(18)15-10-6(5-19-12(10)16(13)23)1-2-21(15)14(7)17(18)24/h5,8-9,14,17,23-24H,1-4H2/p+1/t8?,9-,14?,17-,18-/m0/s1. The van der Waals surface area contributed by atoms with Crippen molar-refractivity contribution >= 4 is 40.7 Å². The van der Waals surface area contributed by atoms with Gasteiger partial charge >= 0.3 is 0 Å². The Hall–Kier alpha value is -1.70. The molecule has 1 spiro atoms. The summed E-state index contributed by atoms with van der Waals surface area (Å²) in [4.78, 5) is 23.3. The Bertz CT molecular complexity index is 1080. The van der Waals surface area contributed by atoms with Crippen LogP contribution in [0, 0.1) is 0 Å². The molecule has 6 aliphatic rings. The van der Waals surface area contributed by atoms with Crippen molar-refractivity contribution in [3.63, 3.8) is 0 Å². The van der Waals surface area contributed by atoms with Crippen LogP contribution in [0.5, 0.6) is 5.75 Å². The first-order valence-corrected chi connectivity index (χ1v) is 9.82. The molecule has 1 aliphatic carbocycles. The number of phenols is 1. The number of aromatic hydroxyl groups is 1. The maximum absolute atomic E-state index is 12.9. The van der Waals surface area contributed by atoms with E-state index in [1.54, 1.807) is 11.8 Å². The molecule has 2 fully saturated rings. The van der Waals surface area contributed by atoms with E-state index >= 15 is 0 Å². The molecule has 6 nitrogen and oxygen atoms in total. The van der Waals surface area contributed by atoms with Crippen molar-refractivity contribution < 1.29 is 19.9 Å². The zero-order valence-electron chi connectivity index (χ0n) is 13.3. The number of nitrogens with one attached hydrogen (secondary N) is 1. The van der Waals surface area contributed by atoms with Crippen LogP contribution >= 0.6 is 11.8 Å². The normalized spacial score (nSPS) is 43.5. The van der Waals surface area contributed by atoms with Gasteiger partial charge in [-0.05, 0) is 12.0 Å². The summed E-state index contributed by atoms with van der Waals surface area (Å²) >= 11 is 1.70. The summed E-state index contributed by atoms with van der Waals surface area (Å²) in [6.45, 7) is 0.787. The zero-order chi connectivity index (χ0) is 16.7. The van der Waals surface area contributed by atoms with Gasteiger partial charge in [0.25, 0.3) is 0 Å². The van der Waals surface area contributed by atoms with E-state index in [4.69, 9.17) is 4.99 Å². The minimum absolute atomic E-state index is 0.00817.